The fraction of sp³-hybridized carbons (Fsp3) is 0.500. The molecule has 1 aliphatic rings. The Morgan fingerprint density at radius 2 is 2.05 bits per heavy atom. The van der Waals surface area contributed by atoms with Crippen molar-refractivity contribution in [2.75, 3.05) is 31.6 Å². The van der Waals surface area contributed by atoms with Gasteiger partial charge in [0, 0.05) is 25.7 Å². The van der Waals surface area contributed by atoms with Gasteiger partial charge in [0.2, 0.25) is 15.9 Å². The predicted molar refractivity (Wildman–Crippen MR) is 89.2 cm³/mol. The highest BCUT2D eigenvalue weighted by Crippen LogP contribution is 2.30. The molecule has 0 fully saturated rings. The normalized spacial score (nSPS) is 13.6. The van der Waals surface area contributed by atoms with Gasteiger partial charge in [0.1, 0.15) is 0 Å². The Morgan fingerprint density at radius 1 is 1.32 bits per heavy atom. The summed E-state index contributed by atoms with van der Waals surface area (Å²) in [5.74, 6) is -0.0189. The van der Waals surface area contributed by atoms with Gasteiger partial charge in [0.05, 0.1) is 4.90 Å². The average Bonchev–Trinajstić information content (AvgIpc) is 2.86. The van der Waals surface area contributed by atoms with E-state index in [-0.39, 0.29) is 23.2 Å². The molecule has 0 atom stereocenters. The lowest BCUT2D eigenvalue weighted by Gasteiger charge is -2.15. The monoisotopic (exact) mass is 347 g/mol. The molecular formula is C14H22ClN3O3S. The minimum Gasteiger partial charge on any atom is -0.320 e. The topological polar surface area (TPSA) is 78.5 Å². The largest absolute Gasteiger partial charge is 0.320 e. The number of carbonyl (C=O) groups excluding carboxylic acids is 1. The van der Waals surface area contributed by atoms with E-state index in [1.165, 1.54) is 6.92 Å². The summed E-state index contributed by atoms with van der Waals surface area (Å²) in [5.41, 5.74) is 1.72. The second kappa shape index (κ2) is 7.92. The number of halogens is 1. The minimum atomic E-state index is -3.48. The van der Waals surface area contributed by atoms with Crippen molar-refractivity contribution in [1.29, 1.82) is 0 Å². The molecule has 0 bridgehead atoms. The molecule has 2 rings (SSSR count). The fourth-order valence-electron chi connectivity index (χ4n) is 2.43. The molecular weight excluding hydrogens is 326 g/mol. The Hall–Kier alpha value is -1.15. The van der Waals surface area contributed by atoms with E-state index in [1.807, 2.05) is 7.05 Å². The van der Waals surface area contributed by atoms with Gasteiger partial charge in [-0.3, -0.25) is 4.79 Å². The van der Waals surface area contributed by atoms with Crippen molar-refractivity contribution in [2.45, 2.75) is 24.7 Å². The lowest BCUT2D eigenvalue weighted by molar-refractivity contribution is -0.116. The van der Waals surface area contributed by atoms with Crippen LogP contribution in [0.3, 0.4) is 0 Å². The van der Waals surface area contributed by atoms with Crippen LogP contribution in [-0.4, -0.2) is 41.0 Å². The summed E-state index contributed by atoms with van der Waals surface area (Å²) >= 11 is 0. The standard InChI is InChI=1S/C14H21N3O3S.ClH/c1-11(18)17-9-6-12-10-13(4-5-14(12)17)21(19,20)16-8-3-7-15-2;/h4-5,10,15-16H,3,6-9H2,1-2H3;1H. The van der Waals surface area contributed by atoms with E-state index in [0.717, 1.165) is 24.2 Å². The lowest BCUT2D eigenvalue weighted by Crippen LogP contribution is -2.27. The molecule has 0 saturated heterocycles. The van der Waals surface area contributed by atoms with E-state index in [4.69, 9.17) is 0 Å². The minimum absolute atomic E-state index is 0. The van der Waals surface area contributed by atoms with Crippen LogP contribution in [0, 0.1) is 0 Å². The first kappa shape index (κ1) is 18.9. The van der Waals surface area contributed by atoms with Crippen LogP contribution in [0.4, 0.5) is 5.69 Å². The third kappa shape index (κ3) is 4.19. The predicted octanol–water partition coefficient (Wildman–Crippen LogP) is 0.905. The van der Waals surface area contributed by atoms with E-state index in [2.05, 4.69) is 10.0 Å². The number of nitrogens with one attached hydrogen (secondary N) is 2. The molecule has 1 aromatic carbocycles. The molecule has 2 N–H and O–H groups in total. The molecule has 0 radical (unpaired) electrons. The first-order valence-electron chi connectivity index (χ1n) is 7.01. The highest BCUT2D eigenvalue weighted by atomic mass is 35.5. The molecule has 0 spiro atoms. The van der Waals surface area contributed by atoms with Crippen molar-refractivity contribution in [3.05, 3.63) is 23.8 Å². The van der Waals surface area contributed by atoms with Gasteiger partial charge in [-0.05, 0) is 50.2 Å². The van der Waals surface area contributed by atoms with Crippen molar-refractivity contribution in [2.24, 2.45) is 0 Å². The number of carbonyl (C=O) groups is 1. The molecule has 1 heterocycles. The molecule has 124 valence electrons. The first-order valence-corrected chi connectivity index (χ1v) is 8.49. The lowest BCUT2D eigenvalue weighted by atomic mass is 10.2. The molecule has 0 unspecified atom stereocenters. The maximum Gasteiger partial charge on any atom is 0.240 e. The summed E-state index contributed by atoms with van der Waals surface area (Å²) in [7, 11) is -1.65. The zero-order valence-electron chi connectivity index (χ0n) is 12.8. The van der Waals surface area contributed by atoms with E-state index >= 15 is 0 Å². The van der Waals surface area contributed by atoms with Crippen LogP contribution in [0.5, 0.6) is 0 Å². The summed E-state index contributed by atoms with van der Waals surface area (Å²) in [4.78, 5) is 13.4. The van der Waals surface area contributed by atoms with Gasteiger partial charge >= 0.3 is 0 Å². The van der Waals surface area contributed by atoms with Crippen LogP contribution in [0.15, 0.2) is 23.1 Å². The highest BCUT2D eigenvalue weighted by Gasteiger charge is 2.24. The summed E-state index contributed by atoms with van der Waals surface area (Å²) < 4.78 is 27.0. The van der Waals surface area contributed by atoms with Gasteiger partial charge < -0.3 is 10.2 Å². The number of rotatable bonds is 6. The Labute approximate surface area is 137 Å². The number of anilines is 1. The summed E-state index contributed by atoms with van der Waals surface area (Å²) in [5, 5.41) is 2.97. The number of benzene rings is 1. The summed E-state index contributed by atoms with van der Waals surface area (Å²) in [6.07, 6.45) is 1.43. The third-order valence-corrected chi connectivity index (χ3v) is 4.99. The van der Waals surface area contributed by atoms with Crippen molar-refractivity contribution in [1.82, 2.24) is 10.0 Å². The zero-order chi connectivity index (χ0) is 15.5. The van der Waals surface area contributed by atoms with Gasteiger partial charge in [-0.1, -0.05) is 0 Å². The van der Waals surface area contributed by atoms with Crippen molar-refractivity contribution >= 4 is 34.0 Å². The third-order valence-electron chi connectivity index (χ3n) is 3.53. The average molecular weight is 348 g/mol. The van der Waals surface area contributed by atoms with Crippen LogP contribution in [0.1, 0.15) is 18.9 Å². The quantitative estimate of drug-likeness (QED) is 0.750. The number of fused-ring (bicyclic) bond motifs is 1. The van der Waals surface area contributed by atoms with Crippen LogP contribution >= 0.6 is 12.4 Å². The van der Waals surface area contributed by atoms with Gasteiger partial charge in [-0.2, -0.15) is 0 Å². The number of amides is 1. The Morgan fingerprint density at radius 3 is 2.68 bits per heavy atom. The molecule has 8 heteroatoms. The van der Waals surface area contributed by atoms with E-state index in [9.17, 15) is 13.2 Å². The molecule has 1 amide bonds. The molecule has 0 aromatic heterocycles. The van der Waals surface area contributed by atoms with Crippen LogP contribution in [-0.2, 0) is 21.2 Å². The second-order valence-corrected chi connectivity index (χ2v) is 6.83. The molecule has 0 saturated carbocycles. The maximum atomic E-state index is 12.2. The molecule has 6 nitrogen and oxygen atoms in total. The Balaban J connectivity index is 0.00000242. The number of hydrogen-bond acceptors (Lipinski definition) is 4. The molecule has 1 aromatic rings. The van der Waals surface area contributed by atoms with E-state index in [1.54, 1.807) is 23.1 Å². The van der Waals surface area contributed by atoms with Gasteiger partial charge in [0.15, 0.2) is 0 Å². The Bertz CT molecular complexity index is 634. The van der Waals surface area contributed by atoms with Gasteiger partial charge in [-0.15, -0.1) is 12.4 Å². The number of sulfonamides is 1. The summed E-state index contributed by atoms with van der Waals surface area (Å²) in [6, 6.07) is 4.94. The van der Waals surface area contributed by atoms with Gasteiger partial charge in [0.25, 0.3) is 0 Å². The summed E-state index contributed by atoms with van der Waals surface area (Å²) in [6.45, 7) is 3.30. The van der Waals surface area contributed by atoms with Gasteiger partial charge in [-0.25, -0.2) is 13.1 Å². The van der Waals surface area contributed by atoms with Crippen molar-refractivity contribution in [3.8, 4) is 0 Å². The molecule has 22 heavy (non-hydrogen) atoms. The van der Waals surface area contributed by atoms with Crippen LogP contribution in [0.2, 0.25) is 0 Å². The first-order chi connectivity index (χ1) is 9.95. The fourth-order valence-corrected chi connectivity index (χ4v) is 3.55. The number of hydrogen-bond donors (Lipinski definition) is 2. The second-order valence-electron chi connectivity index (χ2n) is 5.07. The van der Waals surface area contributed by atoms with E-state index in [0.29, 0.717) is 19.5 Å². The van der Waals surface area contributed by atoms with Crippen LogP contribution in [0.25, 0.3) is 0 Å². The maximum absolute atomic E-state index is 12.2. The van der Waals surface area contributed by atoms with Crippen molar-refractivity contribution < 1.29 is 13.2 Å². The smallest absolute Gasteiger partial charge is 0.240 e. The van der Waals surface area contributed by atoms with E-state index < -0.39 is 10.0 Å². The Kier molecular flexibility index (Phi) is 6.80. The SMILES string of the molecule is CNCCCNS(=O)(=O)c1ccc2c(c1)CCN2C(C)=O.Cl. The molecule has 1 aliphatic heterocycles. The number of nitrogens with zero attached hydrogens (tertiary/aromatic N) is 1. The van der Waals surface area contributed by atoms with Crippen molar-refractivity contribution in [3.63, 3.8) is 0 Å². The zero-order valence-corrected chi connectivity index (χ0v) is 14.4. The highest BCUT2D eigenvalue weighted by molar-refractivity contribution is 7.89. The van der Waals surface area contributed by atoms with Crippen LogP contribution < -0.4 is 14.9 Å². The molecule has 0 aliphatic carbocycles.